The number of nitrogens with one attached hydrogen (secondary N) is 1. The van der Waals surface area contributed by atoms with E-state index in [0.29, 0.717) is 11.5 Å². The molecule has 3 atom stereocenters. The monoisotopic (exact) mass is 210 g/mol. The van der Waals surface area contributed by atoms with E-state index in [-0.39, 0.29) is 0 Å². The van der Waals surface area contributed by atoms with Crippen LogP contribution in [-0.4, -0.2) is 37.1 Å². The van der Waals surface area contributed by atoms with Crippen LogP contribution in [0.5, 0.6) is 0 Å². The first-order valence-electron chi connectivity index (χ1n) is 6.44. The molecule has 0 aliphatic heterocycles. The quantitative estimate of drug-likeness (QED) is 0.765. The lowest BCUT2D eigenvalue weighted by molar-refractivity contribution is 0.283. The van der Waals surface area contributed by atoms with Gasteiger partial charge >= 0.3 is 0 Å². The molecule has 2 aliphatic rings. The molecule has 1 N–H and O–H groups in total. The molecular weight excluding hydrogens is 184 g/mol. The number of rotatable bonds is 4. The average Bonchev–Trinajstić information content (AvgIpc) is 2.76. The molecular formula is C13H26N2. The van der Waals surface area contributed by atoms with Gasteiger partial charge in [-0.15, -0.1) is 0 Å². The molecule has 2 heteroatoms. The van der Waals surface area contributed by atoms with Gasteiger partial charge in [-0.25, -0.2) is 0 Å². The maximum atomic E-state index is 3.84. The minimum absolute atomic E-state index is 0.621. The van der Waals surface area contributed by atoms with Gasteiger partial charge in [0.15, 0.2) is 0 Å². The van der Waals surface area contributed by atoms with Crippen molar-refractivity contribution in [1.29, 1.82) is 0 Å². The van der Waals surface area contributed by atoms with Crippen molar-refractivity contribution in [2.75, 3.05) is 14.1 Å². The fraction of sp³-hybridized carbons (Fsp3) is 1.00. The molecule has 0 heterocycles. The molecule has 2 nitrogen and oxygen atoms in total. The van der Waals surface area contributed by atoms with Crippen LogP contribution in [0, 0.1) is 5.41 Å². The summed E-state index contributed by atoms with van der Waals surface area (Å²) in [5.74, 6) is 0. The van der Waals surface area contributed by atoms with E-state index in [1.54, 1.807) is 0 Å². The maximum absolute atomic E-state index is 3.84. The fourth-order valence-electron chi connectivity index (χ4n) is 2.76. The second-order valence-corrected chi connectivity index (χ2v) is 6.17. The minimum Gasteiger partial charge on any atom is -0.311 e. The van der Waals surface area contributed by atoms with Gasteiger partial charge in [-0.1, -0.05) is 6.92 Å². The minimum atomic E-state index is 0.621. The van der Waals surface area contributed by atoms with Gasteiger partial charge in [-0.3, -0.25) is 0 Å². The van der Waals surface area contributed by atoms with Crippen molar-refractivity contribution in [3.8, 4) is 0 Å². The van der Waals surface area contributed by atoms with Gasteiger partial charge < -0.3 is 10.2 Å². The molecule has 0 amide bonds. The van der Waals surface area contributed by atoms with Gasteiger partial charge in [0.25, 0.3) is 0 Å². The summed E-state index contributed by atoms with van der Waals surface area (Å²) in [6.45, 7) is 4.79. The summed E-state index contributed by atoms with van der Waals surface area (Å²) in [6, 6.07) is 2.29. The van der Waals surface area contributed by atoms with Gasteiger partial charge in [-0.05, 0) is 58.5 Å². The second kappa shape index (κ2) is 4.06. The second-order valence-electron chi connectivity index (χ2n) is 6.17. The van der Waals surface area contributed by atoms with Crippen LogP contribution in [0.1, 0.15) is 46.0 Å². The van der Waals surface area contributed by atoms with Crippen LogP contribution in [0.2, 0.25) is 0 Å². The van der Waals surface area contributed by atoms with Crippen LogP contribution in [0.25, 0.3) is 0 Å². The summed E-state index contributed by atoms with van der Waals surface area (Å²) >= 11 is 0. The summed E-state index contributed by atoms with van der Waals surface area (Å²) in [5, 5.41) is 3.84. The van der Waals surface area contributed by atoms with Gasteiger partial charge in [0.05, 0.1) is 0 Å². The third-order valence-corrected chi connectivity index (χ3v) is 4.71. The molecule has 0 radical (unpaired) electrons. The van der Waals surface area contributed by atoms with E-state index in [9.17, 15) is 0 Å². The Bertz CT molecular complexity index is 221. The predicted molar refractivity (Wildman–Crippen MR) is 65.1 cm³/mol. The number of hydrogen-bond acceptors (Lipinski definition) is 2. The highest BCUT2D eigenvalue weighted by molar-refractivity contribution is 4.98. The van der Waals surface area contributed by atoms with Crippen molar-refractivity contribution in [2.45, 2.75) is 64.1 Å². The molecule has 2 rings (SSSR count). The molecule has 0 saturated heterocycles. The number of nitrogens with zero attached hydrogens (tertiary/aromatic N) is 1. The van der Waals surface area contributed by atoms with Gasteiger partial charge in [0.2, 0.25) is 0 Å². The first-order chi connectivity index (χ1) is 7.01. The summed E-state index contributed by atoms with van der Waals surface area (Å²) in [4.78, 5) is 2.38. The predicted octanol–water partition coefficient (Wildman–Crippen LogP) is 2.25. The summed E-state index contributed by atoms with van der Waals surface area (Å²) in [6.07, 6.45) is 6.92. The van der Waals surface area contributed by atoms with E-state index >= 15 is 0 Å². The van der Waals surface area contributed by atoms with Crippen LogP contribution in [0.15, 0.2) is 0 Å². The van der Waals surface area contributed by atoms with Crippen LogP contribution in [0.4, 0.5) is 0 Å². The summed E-state index contributed by atoms with van der Waals surface area (Å²) < 4.78 is 0. The van der Waals surface area contributed by atoms with Crippen LogP contribution >= 0.6 is 0 Å². The Morgan fingerprint density at radius 1 is 1.27 bits per heavy atom. The van der Waals surface area contributed by atoms with E-state index in [0.717, 1.165) is 12.1 Å². The molecule has 2 fully saturated rings. The average molecular weight is 210 g/mol. The first-order valence-corrected chi connectivity index (χ1v) is 6.44. The molecule has 88 valence electrons. The van der Waals surface area contributed by atoms with E-state index in [4.69, 9.17) is 0 Å². The van der Waals surface area contributed by atoms with Crippen molar-refractivity contribution in [3.63, 3.8) is 0 Å². The molecule has 0 aromatic rings. The third kappa shape index (κ3) is 2.54. The lowest BCUT2D eigenvalue weighted by atomic mass is 9.99. The summed E-state index contributed by atoms with van der Waals surface area (Å²) in [7, 11) is 4.41. The van der Waals surface area contributed by atoms with Crippen molar-refractivity contribution >= 4 is 0 Å². The highest BCUT2D eigenvalue weighted by atomic mass is 15.1. The molecule has 0 aromatic heterocycles. The third-order valence-electron chi connectivity index (χ3n) is 4.71. The maximum Gasteiger partial charge on any atom is 0.0105 e. The van der Waals surface area contributed by atoms with E-state index in [1.165, 1.54) is 32.1 Å². The Morgan fingerprint density at radius 3 is 2.40 bits per heavy atom. The van der Waals surface area contributed by atoms with E-state index < -0.39 is 0 Å². The normalized spacial score (nSPS) is 35.8. The van der Waals surface area contributed by atoms with E-state index in [1.807, 2.05) is 0 Å². The number of hydrogen-bond donors (Lipinski definition) is 1. The zero-order chi connectivity index (χ0) is 11.1. The van der Waals surface area contributed by atoms with Gasteiger partial charge in [-0.2, -0.15) is 0 Å². The Labute approximate surface area is 94.4 Å². The van der Waals surface area contributed by atoms with Crippen LogP contribution in [0.3, 0.4) is 0 Å². The molecule has 0 spiro atoms. The Hall–Kier alpha value is -0.0800. The smallest absolute Gasteiger partial charge is 0.0105 e. The Morgan fingerprint density at radius 2 is 1.93 bits per heavy atom. The van der Waals surface area contributed by atoms with Crippen molar-refractivity contribution in [2.24, 2.45) is 5.41 Å². The Balaban J connectivity index is 1.77. The van der Waals surface area contributed by atoms with E-state index in [2.05, 4.69) is 38.2 Å². The van der Waals surface area contributed by atoms with Crippen LogP contribution in [-0.2, 0) is 0 Å². The van der Waals surface area contributed by atoms with Crippen molar-refractivity contribution in [1.82, 2.24) is 10.2 Å². The SMILES string of the molecule is CC(NC1CCC(N(C)C)C1)C1(C)CC1. The highest BCUT2D eigenvalue weighted by Crippen LogP contribution is 2.48. The first kappa shape index (κ1) is 11.4. The topological polar surface area (TPSA) is 15.3 Å². The Kier molecular flexibility index (Phi) is 3.09. The lowest BCUT2D eigenvalue weighted by Gasteiger charge is -2.25. The zero-order valence-corrected chi connectivity index (χ0v) is 10.7. The highest BCUT2D eigenvalue weighted by Gasteiger charge is 2.43. The van der Waals surface area contributed by atoms with Gasteiger partial charge in [0.1, 0.15) is 0 Å². The van der Waals surface area contributed by atoms with Gasteiger partial charge in [0, 0.05) is 18.1 Å². The fourth-order valence-corrected chi connectivity index (χ4v) is 2.76. The molecule has 2 saturated carbocycles. The standard InChI is InChI=1S/C13H26N2/c1-10(13(2)7-8-13)14-11-5-6-12(9-11)15(3)4/h10-12,14H,5-9H2,1-4H3. The lowest BCUT2D eigenvalue weighted by Crippen LogP contribution is -2.40. The molecule has 0 aromatic carbocycles. The largest absolute Gasteiger partial charge is 0.311 e. The van der Waals surface area contributed by atoms with Crippen LogP contribution < -0.4 is 5.32 Å². The molecule has 2 aliphatic carbocycles. The summed E-state index contributed by atoms with van der Waals surface area (Å²) in [5.41, 5.74) is 0.621. The molecule has 3 unspecified atom stereocenters. The van der Waals surface area contributed by atoms with Crippen molar-refractivity contribution in [3.05, 3.63) is 0 Å². The zero-order valence-electron chi connectivity index (χ0n) is 10.7. The molecule has 0 bridgehead atoms. The van der Waals surface area contributed by atoms with Crippen molar-refractivity contribution < 1.29 is 0 Å². The molecule has 15 heavy (non-hydrogen) atoms.